The summed E-state index contributed by atoms with van der Waals surface area (Å²) >= 11 is 6.55. The Labute approximate surface area is 134 Å². The van der Waals surface area contributed by atoms with Crippen molar-refractivity contribution in [1.82, 2.24) is 4.72 Å². The fraction of sp³-hybridized carbons (Fsp3) is 0.364. The Balaban J connectivity index is 3.03. The maximum atomic E-state index is 12.3. The summed E-state index contributed by atoms with van der Waals surface area (Å²) in [6.45, 7) is 3.49. The van der Waals surface area contributed by atoms with Gasteiger partial charge in [0.25, 0.3) is 0 Å². The first-order valence-corrected chi connectivity index (χ1v) is 8.68. The van der Waals surface area contributed by atoms with Crippen LogP contribution in [0.3, 0.4) is 0 Å². The minimum Gasteiger partial charge on any atom is -0.409 e. The highest BCUT2D eigenvalue weighted by molar-refractivity contribution is 9.11. The molecule has 0 aliphatic rings. The van der Waals surface area contributed by atoms with Gasteiger partial charge in [-0.25, -0.2) is 13.1 Å². The van der Waals surface area contributed by atoms with Gasteiger partial charge in [-0.2, -0.15) is 0 Å². The van der Waals surface area contributed by atoms with Crippen LogP contribution >= 0.6 is 31.9 Å². The topological polar surface area (TPSA) is 105 Å². The minimum absolute atomic E-state index is 0.0376. The van der Waals surface area contributed by atoms with Crippen LogP contribution in [-0.4, -0.2) is 25.5 Å². The van der Waals surface area contributed by atoms with Crippen LogP contribution < -0.4 is 10.5 Å². The fourth-order valence-electron chi connectivity index (χ4n) is 1.56. The molecule has 0 bridgehead atoms. The van der Waals surface area contributed by atoms with Crippen molar-refractivity contribution in [3.05, 3.63) is 26.6 Å². The van der Waals surface area contributed by atoms with Crippen molar-refractivity contribution in [2.45, 2.75) is 31.2 Å². The molecule has 0 saturated heterocycles. The number of hydrogen-bond donors (Lipinski definition) is 3. The molecule has 0 amide bonds. The minimum atomic E-state index is -3.70. The number of nitrogens with zero attached hydrogens (tertiary/aromatic N) is 1. The van der Waals surface area contributed by atoms with Crippen molar-refractivity contribution < 1.29 is 13.6 Å². The van der Waals surface area contributed by atoms with E-state index in [1.807, 2.05) is 6.92 Å². The van der Waals surface area contributed by atoms with Gasteiger partial charge in [-0.1, -0.05) is 21.1 Å². The van der Waals surface area contributed by atoms with Gasteiger partial charge in [-0.15, -0.1) is 0 Å². The van der Waals surface area contributed by atoms with Crippen LogP contribution in [0.15, 0.2) is 31.1 Å². The second-order valence-electron chi connectivity index (χ2n) is 4.35. The number of oxime groups is 1. The van der Waals surface area contributed by atoms with Gasteiger partial charge < -0.3 is 10.9 Å². The number of sulfonamides is 1. The van der Waals surface area contributed by atoms with E-state index in [9.17, 15) is 8.42 Å². The van der Waals surface area contributed by atoms with Crippen molar-refractivity contribution in [3.8, 4) is 0 Å². The highest BCUT2D eigenvalue weighted by atomic mass is 79.9. The number of rotatable bonds is 5. The lowest BCUT2D eigenvalue weighted by Gasteiger charge is -2.15. The average Bonchev–Trinajstić information content (AvgIpc) is 2.32. The van der Waals surface area contributed by atoms with Crippen molar-refractivity contribution in [2.24, 2.45) is 10.9 Å². The molecular formula is C11H15Br2N3O3S. The summed E-state index contributed by atoms with van der Waals surface area (Å²) in [4.78, 5) is 0.126. The van der Waals surface area contributed by atoms with Crippen molar-refractivity contribution >= 4 is 47.7 Å². The zero-order chi connectivity index (χ0) is 15.5. The van der Waals surface area contributed by atoms with Crippen LogP contribution in [-0.2, 0) is 10.0 Å². The summed E-state index contributed by atoms with van der Waals surface area (Å²) in [5.41, 5.74) is 6.27. The van der Waals surface area contributed by atoms with E-state index < -0.39 is 16.1 Å². The first kappa shape index (κ1) is 17.4. The van der Waals surface area contributed by atoms with Gasteiger partial charge in [0.1, 0.15) is 5.84 Å². The van der Waals surface area contributed by atoms with Gasteiger partial charge >= 0.3 is 0 Å². The first-order chi connectivity index (χ1) is 9.17. The van der Waals surface area contributed by atoms with Gasteiger partial charge in [0.2, 0.25) is 10.0 Å². The van der Waals surface area contributed by atoms with Gasteiger partial charge in [-0.3, -0.25) is 0 Å². The van der Waals surface area contributed by atoms with Gasteiger partial charge in [0.15, 0.2) is 0 Å². The quantitative estimate of drug-likeness (QED) is 0.289. The molecule has 0 radical (unpaired) electrons. The predicted molar refractivity (Wildman–Crippen MR) is 84.4 cm³/mol. The van der Waals surface area contributed by atoms with Crippen LogP contribution in [0.4, 0.5) is 0 Å². The summed E-state index contributed by atoms with van der Waals surface area (Å²) in [7, 11) is -3.70. The third-order valence-corrected chi connectivity index (χ3v) is 5.91. The summed E-state index contributed by atoms with van der Waals surface area (Å²) in [6, 6.07) is 2.74. The second-order valence-corrected chi connectivity index (χ2v) is 7.74. The monoisotopic (exact) mass is 427 g/mol. The highest BCUT2D eigenvalue weighted by Crippen LogP contribution is 2.28. The molecule has 0 aliphatic carbocycles. The van der Waals surface area contributed by atoms with Crippen molar-refractivity contribution in [3.63, 3.8) is 0 Å². The summed E-state index contributed by atoms with van der Waals surface area (Å²) in [5.74, 6) is -0.0376. The first-order valence-electron chi connectivity index (χ1n) is 5.61. The Morgan fingerprint density at radius 3 is 2.60 bits per heavy atom. The molecule has 1 unspecified atom stereocenters. The summed E-state index contributed by atoms with van der Waals surface area (Å²) in [6.07, 6.45) is 0.111. The Morgan fingerprint density at radius 1 is 1.45 bits per heavy atom. The maximum Gasteiger partial charge on any atom is 0.241 e. The molecule has 0 spiro atoms. The van der Waals surface area contributed by atoms with Crippen molar-refractivity contribution in [1.29, 1.82) is 0 Å². The van der Waals surface area contributed by atoms with Crippen LogP contribution in [0.5, 0.6) is 0 Å². The zero-order valence-electron chi connectivity index (χ0n) is 10.9. The fourth-order valence-corrected chi connectivity index (χ4v) is 4.48. The molecule has 1 aromatic rings. The molecule has 9 heteroatoms. The Hall–Kier alpha value is -0.640. The molecule has 20 heavy (non-hydrogen) atoms. The largest absolute Gasteiger partial charge is 0.409 e. The van der Waals surface area contributed by atoms with Crippen LogP contribution in [0.1, 0.15) is 18.9 Å². The second kappa shape index (κ2) is 6.88. The number of halogens is 2. The lowest BCUT2D eigenvalue weighted by atomic mass is 10.2. The van der Waals surface area contributed by atoms with E-state index in [1.165, 1.54) is 6.07 Å². The van der Waals surface area contributed by atoms with E-state index in [2.05, 4.69) is 41.7 Å². The highest BCUT2D eigenvalue weighted by Gasteiger charge is 2.21. The molecule has 112 valence electrons. The Morgan fingerprint density at radius 2 is 2.05 bits per heavy atom. The summed E-state index contributed by atoms with van der Waals surface area (Å²) in [5, 5.41) is 11.3. The normalized spacial score (nSPS) is 14.3. The number of aryl methyl sites for hydroxylation is 1. The van der Waals surface area contributed by atoms with Gasteiger partial charge in [0, 0.05) is 21.4 Å². The lowest BCUT2D eigenvalue weighted by Crippen LogP contribution is -2.36. The van der Waals surface area contributed by atoms with Gasteiger partial charge in [-0.05, 0) is 47.5 Å². The summed E-state index contributed by atoms with van der Waals surface area (Å²) < 4.78 is 28.2. The van der Waals surface area contributed by atoms with Crippen LogP contribution in [0.2, 0.25) is 0 Å². The van der Waals surface area contributed by atoms with Crippen LogP contribution in [0.25, 0.3) is 0 Å². The molecule has 1 aromatic carbocycles. The number of nitrogens with one attached hydrogen (secondary N) is 1. The number of amidine groups is 1. The standard InChI is InChI=1S/C11H15Br2N3O3S/c1-6-3-9(13)10(5-8(6)12)20(18,19)16-7(2)4-11(14)15-17/h3,5,7,16-17H,4H2,1-2H3,(H2,14,15). The predicted octanol–water partition coefficient (Wildman–Crippen LogP) is 2.32. The van der Waals surface area contributed by atoms with E-state index in [0.717, 1.165) is 5.56 Å². The molecule has 4 N–H and O–H groups in total. The molecule has 6 nitrogen and oxygen atoms in total. The van der Waals surface area contributed by atoms with Gasteiger partial charge in [0.05, 0.1) is 4.90 Å². The Kier molecular flexibility index (Phi) is 5.99. The number of benzene rings is 1. The van der Waals surface area contributed by atoms with E-state index in [1.54, 1.807) is 13.0 Å². The molecule has 0 saturated carbocycles. The van der Waals surface area contributed by atoms with E-state index in [4.69, 9.17) is 10.9 Å². The third kappa shape index (κ3) is 4.44. The number of nitrogens with two attached hydrogens (primary N) is 1. The number of hydrogen-bond acceptors (Lipinski definition) is 4. The molecule has 0 aliphatic heterocycles. The molecule has 0 heterocycles. The maximum absolute atomic E-state index is 12.3. The molecule has 0 fully saturated rings. The van der Waals surface area contributed by atoms with E-state index >= 15 is 0 Å². The third-order valence-electron chi connectivity index (χ3n) is 2.50. The van der Waals surface area contributed by atoms with E-state index in [-0.39, 0.29) is 17.2 Å². The molecular weight excluding hydrogens is 414 g/mol. The SMILES string of the molecule is Cc1cc(Br)c(S(=O)(=O)NC(C)C/C(N)=N/O)cc1Br. The van der Waals surface area contributed by atoms with Crippen molar-refractivity contribution in [2.75, 3.05) is 0 Å². The van der Waals surface area contributed by atoms with E-state index in [0.29, 0.717) is 8.95 Å². The van der Waals surface area contributed by atoms with Crippen LogP contribution in [0, 0.1) is 6.92 Å². The Bertz CT molecular complexity index is 632. The molecule has 0 aromatic heterocycles. The average molecular weight is 429 g/mol. The lowest BCUT2D eigenvalue weighted by molar-refractivity contribution is 0.316. The molecule has 1 atom stereocenters. The molecule has 1 rings (SSSR count). The smallest absolute Gasteiger partial charge is 0.241 e. The zero-order valence-corrected chi connectivity index (χ0v) is 14.9.